The quantitative estimate of drug-likeness (QED) is 0.832. The van der Waals surface area contributed by atoms with Gasteiger partial charge in [-0.25, -0.2) is 13.1 Å². The standard InChI is InChI=1S/C15H24N2O3S/c1-3-17-9-8-13(11-17)10-16-21(19,20)15-6-4-14(5-7-15)12(2)18/h4-7,12-13,16,18H,3,8-11H2,1-2H3. The van der Waals surface area contributed by atoms with E-state index in [2.05, 4.69) is 16.5 Å². The van der Waals surface area contributed by atoms with Gasteiger partial charge in [0.15, 0.2) is 0 Å². The van der Waals surface area contributed by atoms with Gasteiger partial charge in [0.25, 0.3) is 0 Å². The van der Waals surface area contributed by atoms with E-state index in [4.69, 9.17) is 0 Å². The SMILES string of the molecule is CCN1CCC(CNS(=O)(=O)c2ccc(C(C)O)cc2)C1. The number of aliphatic hydroxyl groups excluding tert-OH is 1. The van der Waals surface area contributed by atoms with Crippen LogP contribution in [0.2, 0.25) is 0 Å². The third-order valence-corrected chi connectivity index (χ3v) is 5.49. The van der Waals surface area contributed by atoms with Gasteiger partial charge in [0.2, 0.25) is 10.0 Å². The van der Waals surface area contributed by atoms with Crippen LogP contribution in [-0.2, 0) is 10.0 Å². The van der Waals surface area contributed by atoms with Crippen LogP contribution in [0.4, 0.5) is 0 Å². The number of rotatable bonds is 6. The maximum absolute atomic E-state index is 12.2. The number of hydrogen-bond donors (Lipinski definition) is 2. The zero-order valence-electron chi connectivity index (χ0n) is 12.6. The summed E-state index contributed by atoms with van der Waals surface area (Å²) in [4.78, 5) is 2.58. The smallest absolute Gasteiger partial charge is 0.240 e. The van der Waals surface area contributed by atoms with E-state index in [0.29, 0.717) is 18.0 Å². The Morgan fingerprint density at radius 1 is 1.38 bits per heavy atom. The maximum atomic E-state index is 12.2. The lowest BCUT2D eigenvalue weighted by atomic mass is 10.1. The summed E-state index contributed by atoms with van der Waals surface area (Å²) >= 11 is 0. The van der Waals surface area contributed by atoms with E-state index in [1.54, 1.807) is 19.1 Å². The minimum absolute atomic E-state index is 0.247. The van der Waals surface area contributed by atoms with Crippen molar-refractivity contribution < 1.29 is 13.5 Å². The fourth-order valence-electron chi connectivity index (χ4n) is 2.60. The maximum Gasteiger partial charge on any atom is 0.240 e. The third kappa shape index (κ3) is 4.26. The molecule has 2 atom stereocenters. The fourth-order valence-corrected chi connectivity index (χ4v) is 3.72. The van der Waals surface area contributed by atoms with Gasteiger partial charge >= 0.3 is 0 Å². The predicted molar refractivity (Wildman–Crippen MR) is 82.5 cm³/mol. The van der Waals surface area contributed by atoms with Crippen molar-refractivity contribution in [1.82, 2.24) is 9.62 Å². The van der Waals surface area contributed by atoms with E-state index in [1.807, 2.05) is 0 Å². The summed E-state index contributed by atoms with van der Waals surface area (Å²) in [6.07, 6.45) is 0.449. The number of benzene rings is 1. The molecule has 118 valence electrons. The third-order valence-electron chi connectivity index (χ3n) is 4.05. The molecular weight excluding hydrogens is 288 g/mol. The first-order valence-corrected chi connectivity index (χ1v) is 8.90. The Balaban J connectivity index is 1.95. The van der Waals surface area contributed by atoms with Gasteiger partial charge in [-0.05, 0) is 50.0 Å². The summed E-state index contributed by atoms with van der Waals surface area (Å²) in [6.45, 7) is 7.28. The molecule has 1 fully saturated rings. The average molecular weight is 312 g/mol. The first-order valence-electron chi connectivity index (χ1n) is 7.42. The van der Waals surface area contributed by atoms with E-state index >= 15 is 0 Å². The molecule has 0 spiro atoms. The van der Waals surface area contributed by atoms with Crippen molar-refractivity contribution in [1.29, 1.82) is 0 Å². The van der Waals surface area contributed by atoms with Crippen LogP contribution in [0.25, 0.3) is 0 Å². The van der Waals surface area contributed by atoms with E-state index in [1.165, 1.54) is 12.1 Å². The van der Waals surface area contributed by atoms with Gasteiger partial charge in [-0.2, -0.15) is 0 Å². The summed E-state index contributed by atoms with van der Waals surface area (Å²) in [7, 11) is -3.46. The molecule has 1 aromatic rings. The monoisotopic (exact) mass is 312 g/mol. The van der Waals surface area contributed by atoms with Gasteiger partial charge < -0.3 is 10.0 Å². The fraction of sp³-hybridized carbons (Fsp3) is 0.600. The van der Waals surface area contributed by atoms with Crippen LogP contribution in [0.3, 0.4) is 0 Å². The molecule has 0 amide bonds. The molecule has 0 saturated carbocycles. The summed E-state index contributed by atoms with van der Waals surface area (Å²) < 4.78 is 27.2. The Morgan fingerprint density at radius 2 is 2.05 bits per heavy atom. The van der Waals surface area contributed by atoms with Crippen molar-refractivity contribution in [3.05, 3.63) is 29.8 Å². The highest BCUT2D eigenvalue weighted by Gasteiger charge is 2.23. The normalized spacial score (nSPS) is 21.6. The topological polar surface area (TPSA) is 69.6 Å². The zero-order chi connectivity index (χ0) is 15.5. The second kappa shape index (κ2) is 6.87. The van der Waals surface area contributed by atoms with Crippen molar-refractivity contribution in [2.24, 2.45) is 5.92 Å². The summed E-state index contributed by atoms with van der Waals surface area (Å²) in [6, 6.07) is 6.37. The van der Waals surface area contributed by atoms with Crippen molar-refractivity contribution in [3.8, 4) is 0 Å². The molecule has 6 heteroatoms. The molecule has 0 aliphatic carbocycles. The predicted octanol–water partition coefficient (Wildman–Crippen LogP) is 1.36. The van der Waals surface area contributed by atoms with Crippen LogP contribution in [-0.4, -0.2) is 44.6 Å². The molecule has 1 heterocycles. The number of hydrogen-bond acceptors (Lipinski definition) is 4. The van der Waals surface area contributed by atoms with E-state index in [-0.39, 0.29) is 4.90 Å². The lowest BCUT2D eigenvalue weighted by molar-refractivity contribution is 0.199. The zero-order valence-corrected chi connectivity index (χ0v) is 13.4. The Labute approximate surface area is 127 Å². The average Bonchev–Trinajstić information content (AvgIpc) is 2.93. The highest BCUT2D eigenvalue weighted by Crippen LogP contribution is 2.18. The Bertz CT molecular complexity index is 555. The Morgan fingerprint density at radius 3 is 2.57 bits per heavy atom. The molecule has 2 rings (SSSR count). The van der Waals surface area contributed by atoms with Gasteiger partial charge in [-0.15, -0.1) is 0 Å². The molecule has 1 saturated heterocycles. The van der Waals surface area contributed by atoms with Crippen LogP contribution in [0.5, 0.6) is 0 Å². The highest BCUT2D eigenvalue weighted by molar-refractivity contribution is 7.89. The van der Waals surface area contributed by atoms with Gasteiger partial charge in [0, 0.05) is 13.1 Å². The van der Waals surface area contributed by atoms with Gasteiger partial charge in [-0.3, -0.25) is 0 Å². The van der Waals surface area contributed by atoms with Crippen molar-refractivity contribution in [3.63, 3.8) is 0 Å². The van der Waals surface area contributed by atoms with Crippen LogP contribution < -0.4 is 4.72 Å². The molecule has 0 bridgehead atoms. The molecular formula is C15H24N2O3S. The minimum Gasteiger partial charge on any atom is -0.389 e. The molecule has 1 aliphatic heterocycles. The molecule has 5 nitrogen and oxygen atoms in total. The summed E-state index contributed by atoms with van der Waals surface area (Å²) in [5.41, 5.74) is 0.711. The number of aliphatic hydroxyl groups is 1. The Hall–Kier alpha value is -0.950. The van der Waals surface area contributed by atoms with E-state index in [9.17, 15) is 13.5 Å². The van der Waals surface area contributed by atoms with Crippen molar-refractivity contribution in [2.75, 3.05) is 26.2 Å². The molecule has 1 aliphatic rings. The number of nitrogens with zero attached hydrogens (tertiary/aromatic N) is 1. The molecule has 2 unspecified atom stereocenters. The van der Waals surface area contributed by atoms with Gasteiger partial charge in [0.1, 0.15) is 0 Å². The van der Waals surface area contributed by atoms with E-state index < -0.39 is 16.1 Å². The number of likely N-dealkylation sites (tertiary alicyclic amines) is 1. The Kier molecular flexibility index (Phi) is 5.37. The van der Waals surface area contributed by atoms with Gasteiger partial charge in [0.05, 0.1) is 11.0 Å². The van der Waals surface area contributed by atoms with Crippen LogP contribution in [0, 0.1) is 5.92 Å². The lowest BCUT2D eigenvalue weighted by Crippen LogP contribution is -2.31. The van der Waals surface area contributed by atoms with Crippen LogP contribution in [0.1, 0.15) is 31.9 Å². The minimum atomic E-state index is -3.46. The second-order valence-electron chi connectivity index (χ2n) is 5.64. The van der Waals surface area contributed by atoms with Crippen LogP contribution >= 0.6 is 0 Å². The lowest BCUT2D eigenvalue weighted by Gasteiger charge is -2.14. The molecule has 21 heavy (non-hydrogen) atoms. The number of sulfonamides is 1. The van der Waals surface area contributed by atoms with Crippen molar-refractivity contribution >= 4 is 10.0 Å². The summed E-state index contributed by atoms with van der Waals surface area (Å²) in [5, 5.41) is 9.44. The molecule has 1 aromatic carbocycles. The van der Waals surface area contributed by atoms with Crippen molar-refractivity contribution in [2.45, 2.75) is 31.3 Å². The van der Waals surface area contributed by atoms with E-state index in [0.717, 1.165) is 26.1 Å². The second-order valence-corrected chi connectivity index (χ2v) is 7.41. The first-order chi connectivity index (χ1) is 9.92. The van der Waals surface area contributed by atoms with Crippen LogP contribution in [0.15, 0.2) is 29.2 Å². The van der Waals surface area contributed by atoms with Gasteiger partial charge in [-0.1, -0.05) is 19.1 Å². The summed E-state index contributed by atoms with van der Waals surface area (Å²) in [5.74, 6) is 0.386. The largest absolute Gasteiger partial charge is 0.389 e. The number of nitrogens with one attached hydrogen (secondary N) is 1. The highest BCUT2D eigenvalue weighted by atomic mass is 32.2. The molecule has 2 N–H and O–H groups in total. The first kappa shape index (κ1) is 16.4. The molecule has 0 radical (unpaired) electrons. The molecule has 0 aromatic heterocycles.